The molecular formula is C16H18N2O4S. The van der Waals surface area contributed by atoms with Crippen LogP contribution in [-0.4, -0.2) is 19.4 Å². The van der Waals surface area contributed by atoms with E-state index in [9.17, 15) is 18.3 Å². The van der Waals surface area contributed by atoms with Crippen molar-refractivity contribution in [3.05, 3.63) is 59.7 Å². The quantitative estimate of drug-likeness (QED) is 0.730. The van der Waals surface area contributed by atoms with Gasteiger partial charge in [0.15, 0.2) is 0 Å². The number of rotatable bonds is 5. The third kappa shape index (κ3) is 4.08. The zero-order chi connectivity index (χ0) is 17.0. The van der Waals surface area contributed by atoms with Gasteiger partial charge >= 0.3 is 0 Å². The van der Waals surface area contributed by atoms with E-state index in [1.54, 1.807) is 24.3 Å². The molecule has 0 radical (unpaired) electrons. The Kier molecular flexibility index (Phi) is 5.02. The molecule has 0 spiro atoms. The fourth-order valence-corrected chi connectivity index (χ4v) is 2.78. The molecule has 0 heterocycles. The minimum atomic E-state index is -3.88. The highest BCUT2D eigenvalue weighted by atomic mass is 32.2. The lowest BCUT2D eigenvalue weighted by Crippen LogP contribution is -2.41. The molecule has 2 aromatic carbocycles. The first-order valence-corrected chi connectivity index (χ1v) is 8.49. The molecule has 0 bridgehead atoms. The van der Waals surface area contributed by atoms with Crippen LogP contribution in [0.25, 0.3) is 0 Å². The number of benzene rings is 2. The number of aromatic hydroxyl groups is 1. The molecule has 0 aliphatic carbocycles. The van der Waals surface area contributed by atoms with Crippen LogP contribution < -0.4 is 10.3 Å². The van der Waals surface area contributed by atoms with Gasteiger partial charge in [-0.2, -0.15) is 0 Å². The zero-order valence-corrected chi connectivity index (χ0v) is 13.6. The molecular weight excluding hydrogens is 316 g/mol. The molecule has 2 rings (SSSR count). The molecule has 122 valence electrons. The van der Waals surface area contributed by atoms with Gasteiger partial charge in [-0.25, -0.2) is 8.42 Å². The monoisotopic (exact) mass is 334 g/mol. The number of nitrogens with one attached hydrogen (secondary N) is 2. The van der Waals surface area contributed by atoms with E-state index in [2.05, 4.69) is 5.43 Å². The maximum atomic E-state index is 12.1. The fraction of sp³-hybridized carbons (Fsp3) is 0.188. The van der Waals surface area contributed by atoms with Gasteiger partial charge in [0.1, 0.15) is 5.75 Å². The first-order chi connectivity index (χ1) is 10.8. The van der Waals surface area contributed by atoms with Crippen LogP contribution in [0.3, 0.4) is 0 Å². The van der Waals surface area contributed by atoms with Crippen molar-refractivity contribution in [1.82, 2.24) is 10.3 Å². The van der Waals surface area contributed by atoms with E-state index < -0.39 is 15.9 Å². The average molecular weight is 334 g/mol. The number of amides is 1. The Labute approximate surface area is 135 Å². The summed E-state index contributed by atoms with van der Waals surface area (Å²) in [4.78, 5) is 13.9. The van der Waals surface area contributed by atoms with Gasteiger partial charge < -0.3 is 5.11 Å². The summed E-state index contributed by atoms with van der Waals surface area (Å²) in [6.07, 6.45) is 0. The number of carbonyl (C=O) groups is 1. The molecule has 6 nitrogen and oxygen atoms in total. The summed E-state index contributed by atoms with van der Waals surface area (Å²) in [6.45, 7) is 4.02. The third-order valence-corrected chi connectivity index (χ3v) is 4.57. The van der Waals surface area contributed by atoms with Crippen LogP contribution in [-0.2, 0) is 10.0 Å². The molecule has 23 heavy (non-hydrogen) atoms. The molecule has 0 saturated heterocycles. The van der Waals surface area contributed by atoms with Gasteiger partial charge in [-0.05, 0) is 35.7 Å². The van der Waals surface area contributed by atoms with E-state index in [0.717, 1.165) is 5.56 Å². The van der Waals surface area contributed by atoms with E-state index in [-0.39, 0.29) is 16.2 Å². The topological polar surface area (TPSA) is 95.5 Å². The van der Waals surface area contributed by atoms with Gasteiger partial charge in [0, 0.05) is 0 Å². The maximum Gasteiger partial charge on any atom is 0.269 e. The van der Waals surface area contributed by atoms with Crippen molar-refractivity contribution in [1.29, 1.82) is 0 Å². The highest BCUT2D eigenvalue weighted by Gasteiger charge is 2.17. The van der Waals surface area contributed by atoms with Gasteiger partial charge in [0.2, 0.25) is 0 Å². The highest BCUT2D eigenvalue weighted by Crippen LogP contribution is 2.17. The molecule has 0 aliphatic rings. The Bertz CT molecular complexity index is 799. The van der Waals surface area contributed by atoms with Crippen molar-refractivity contribution in [2.24, 2.45) is 0 Å². The summed E-state index contributed by atoms with van der Waals surface area (Å²) in [5.41, 5.74) is 3.07. The minimum Gasteiger partial charge on any atom is -0.507 e. The number of hydrazine groups is 1. The second-order valence-corrected chi connectivity index (χ2v) is 6.98. The van der Waals surface area contributed by atoms with Crippen LogP contribution in [0.15, 0.2) is 53.4 Å². The third-order valence-electron chi connectivity index (χ3n) is 3.30. The minimum absolute atomic E-state index is 0.0228. The summed E-state index contributed by atoms with van der Waals surface area (Å²) in [6, 6.07) is 12.3. The maximum absolute atomic E-state index is 12.1. The van der Waals surface area contributed by atoms with Crippen molar-refractivity contribution in [2.45, 2.75) is 24.7 Å². The van der Waals surface area contributed by atoms with Crippen molar-refractivity contribution in [2.75, 3.05) is 0 Å². The summed E-state index contributed by atoms with van der Waals surface area (Å²) >= 11 is 0. The van der Waals surface area contributed by atoms with Gasteiger partial charge in [0.25, 0.3) is 15.9 Å². The smallest absolute Gasteiger partial charge is 0.269 e. The van der Waals surface area contributed by atoms with E-state index in [1.807, 2.05) is 18.7 Å². The lowest BCUT2D eigenvalue weighted by atomic mass is 10.0. The predicted molar refractivity (Wildman–Crippen MR) is 86.4 cm³/mol. The Balaban J connectivity index is 2.10. The number of hydrogen-bond donors (Lipinski definition) is 3. The molecule has 1 amide bonds. The summed E-state index contributed by atoms with van der Waals surface area (Å²) in [7, 11) is -3.88. The fourth-order valence-electron chi connectivity index (χ4n) is 1.94. The number of phenols is 1. The number of sulfonamides is 1. The van der Waals surface area contributed by atoms with Gasteiger partial charge in [0.05, 0.1) is 10.5 Å². The molecule has 0 atom stereocenters. The molecule has 0 fully saturated rings. The van der Waals surface area contributed by atoms with Crippen LogP contribution >= 0.6 is 0 Å². The van der Waals surface area contributed by atoms with Crippen LogP contribution in [0.4, 0.5) is 0 Å². The van der Waals surface area contributed by atoms with Crippen LogP contribution in [0, 0.1) is 0 Å². The van der Waals surface area contributed by atoms with Crippen LogP contribution in [0.5, 0.6) is 5.75 Å². The van der Waals surface area contributed by atoms with E-state index >= 15 is 0 Å². The molecule has 0 aromatic heterocycles. The second kappa shape index (κ2) is 6.80. The first kappa shape index (κ1) is 17.0. The normalized spacial score (nSPS) is 11.4. The lowest BCUT2D eigenvalue weighted by molar-refractivity contribution is 0.0942. The molecule has 2 aromatic rings. The second-order valence-electron chi connectivity index (χ2n) is 5.30. The first-order valence-electron chi connectivity index (χ1n) is 7.01. The molecule has 0 unspecified atom stereocenters. The van der Waals surface area contributed by atoms with Gasteiger partial charge in [-0.1, -0.05) is 38.1 Å². The van der Waals surface area contributed by atoms with Crippen LogP contribution in [0.1, 0.15) is 35.7 Å². The summed E-state index contributed by atoms with van der Waals surface area (Å²) in [5.74, 6) is -0.684. The number of phenolic OH excluding ortho intramolecular Hbond substituents is 1. The predicted octanol–water partition coefficient (Wildman–Crippen LogP) is 2.14. The van der Waals surface area contributed by atoms with Crippen molar-refractivity contribution < 1.29 is 18.3 Å². The Morgan fingerprint density at radius 3 is 2.22 bits per heavy atom. The standard InChI is InChI=1S/C16H18N2O4S/c1-11(2)12-7-9-13(10-8-12)23(21,22)18-17-16(20)14-5-3-4-6-15(14)19/h3-11,18-19H,1-2H3,(H,17,20). The Morgan fingerprint density at radius 1 is 1.04 bits per heavy atom. The lowest BCUT2D eigenvalue weighted by Gasteiger charge is -2.10. The Hall–Kier alpha value is -2.38. The highest BCUT2D eigenvalue weighted by molar-refractivity contribution is 7.89. The molecule has 3 N–H and O–H groups in total. The number of para-hydroxylation sites is 1. The van der Waals surface area contributed by atoms with Crippen molar-refractivity contribution in [3.8, 4) is 5.75 Å². The zero-order valence-electron chi connectivity index (χ0n) is 12.8. The molecule has 0 aliphatic heterocycles. The SMILES string of the molecule is CC(C)c1ccc(S(=O)(=O)NNC(=O)c2ccccc2O)cc1. The molecule has 0 saturated carbocycles. The van der Waals surface area contributed by atoms with Crippen LogP contribution in [0.2, 0.25) is 0 Å². The number of hydrogen-bond acceptors (Lipinski definition) is 4. The largest absolute Gasteiger partial charge is 0.507 e. The molecule has 7 heteroatoms. The van der Waals surface area contributed by atoms with E-state index in [4.69, 9.17) is 0 Å². The van der Waals surface area contributed by atoms with E-state index in [0.29, 0.717) is 5.92 Å². The van der Waals surface area contributed by atoms with E-state index in [1.165, 1.54) is 24.3 Å². The Morgan fingerprint density at radius 2 is 1.65 bits per heavy atom. The van der Waals surface area contributed by atoms with Gasteiger partial charge in [-0.15, -0.1) is 4.83 Å². The number of carbonyl (C=O) groups excluding carboxylic acids is 1. The van der Waals surface area contributed by atoms with Crippen molar-refractivity contribution in [3.63, 3.8) is 0 Å². The van der Waals surface area contributed by atoms with Crippen molar-refractivity contribution >= 4 is 15.9 Å². The summed E-state index contributed by atoms with van der Waals surface area (Å²) < 4.78 is 24.3. The summed E-state index contributed by atoms with van der Waals surface area (Å²) in [5, 5.41) is 9.57. The van der Waals surface area contributed by atoms with Gasteiger partial charge in [-0.3, -0.25) is 10.2 Å². The average Bonchev–Trinajstić information content (AvgIpc) is 2.53.